The molecule has 2 rings (SSSR count). The smallest absolute Gasteiger partial charge is 0.282 e. The van der Waals surface area contributed by atoms with E-state index in [-0.39, 0.29) is 17.2 Å². The minimum absolute atomic E-state index is 0.107. The van der Waals surface area contributed by atoms with Gasteiger partial charge in [0, 0.05) is 19.2 Å². The number of rotatable bonds is 4. The van der Waals surface area contributed by atoms with Gasteiger partial charge in [0.15, 0.2) is 0 Å². The Morgan fingerprint density at radius 3 is 2.67 bits per heavy atom. The second-order valence-corrected chi connectivity index (χ2v) is 5.54. The number of nitrogens with zero attached hydrogens (tertiary/aromatic N) is 2. The molecule has 0 unspecified atom stereocenters. The summed E-state index contributed by atoms with van der Waals surface area (Å²) in [6, 6.07) is 4.74. The van der Waals surface area contributed by atoms with Gasteiger partial charge in [-0.25, -0.2) is 0 Å². The van der Waals surface area contributed by atoms with Crippen LogP contribution in [-0.2, 0) is 0 Å². The van der Waals surface area contributed by atoms with Gasteiger partial charge in [0.2, 0.25) is 0 Å². The van der Waals surface area contributed by atoms with Crippen molar-refractivity contribution in [1.82, 2.24) is 4.90 Å². The van der Waals surface area contributed by atoms with Crippen LogP contribution in [-0.4, -0.2) is 35.4 Å². The van der Waals surface area contributed by atoms with E-state index in [9.17, 15) is 14.9 Å². The topological polar surface area (TPSA) is 89.5 Å². The molecule has 0 spiro atoms. The monoisotopic (exact) mass is 291 g/mol. The molecular formula is C15H21N3O3. The average Bonchev–Trinajstić information content (AvgIpc) is 2.47. The molecular weight excluding hydrogens is 270 g/mol. The van der Waals surface area contributed by atoms with Crippen LogP contribution >= 0.6 is 0 Å². The fourth-order valence-corrected chi connectivity index (χ4v) is 2.90. The molecule has 1 aromatic carbocycles. The van der Waals surface area contributed by atoms with Crippen LogP contribution in [0.15, 0.2) is 18.2 Å². The molecule has 0 aromatic heterocycles. The number of likely N-dealkylation sites (tertiary alicyclic amines) is 1. The molecule has 1 aliphatic rings. The fourth-order valence-electron chi connectivity index (χ4n) is 2.90. The standard InChI is InChI=1S/C15H21N3O3/c1-11-3-2-4-13(18(20)21)14(11)15(19)17-9-6-12(5-8-16)7-10-17/h2-4,12H,5-10,16H2,1H3. The summed E-state index contributed by atoms with van der Waals surface area (Å²) in [5.74, 6) is 0.330. The molecule has 1 heterocycles. The van der Waals surface area contributed by atoms with Gasteiger partial charge in [-0.1, -0.05) is 12.1 Å². The molecule has 114 valence electrons. The first-order valence-electron chi connectivity index (χ1n) is 7.28. The van der Waals surface area contributed by atoms with E-state index in [2.05, 4.69) is 0 Å². The van der Waals surface area contributed by atoms with Crippen LogP contribution < -0.4 is 5.73 Å². The summed E-state index contributed by atoms with van der Waals surface area (Å²) < 4.78 is 0. The minimum Gasteiger partial charge on any atom is -0.338 e. The van der Waals surface area contributed by atoms with E-state index in [4.69, 9.17) is 5.73 Å². The van der Waals surface area contributed by atoms with Crippen LogP contribution in [0, 0.1) is 23.0 Å². The van der Waals surface area contributed by atoms with Crippen LogP contribution in [0.1, 0.15) is 35.2 Å². The van der Waals surface area contributed by atoms with Gasteiger partial charge < -0.3 is 10.6 Å². The zero-order chi connectivity index (χ0) is 15.4. The molecule has 6 heteroatoms. The van der Waals surface area contributed by atoms with Crippen molar-refractivity contribution in [3.63, 3.8) is 0 Å². The number of piperidine rings is 1. The molecule has 1 aliphatic heterocycles. The summed E-state index contributed by atoms with van der Waals surface area (Å²) in [6.45, 7) is 3.70. The molecule has 0 bridgehead atoms. The number of aryl methyl sites for hydroxylation is 1. The van der Waals surface area contributed by atoms with Crippen LogP contribution in [0.2, 0.25) is 0 Å². The van der Waals surface area contributed by atoms with E-state index < -0.39 is 4.92 Å². The Labute approximate surface area is 124 Å². The predicted octanol–water partition coefficient (Wildman–Crippen LogP) is 2.10. The van der Waals surface area contributed by atoms with Gasteiger partial charge in [-0.3, -0.25) is 14.9 Å². The first-order valence-corrected chi connectivity index (χ1v) is 7.28. The lowest BCUT2D eigenvalue weighted by Crippen LogP contribution is -2.39. The summed E-state index contributed by atoms with van der Waals surface area (Å²) in [4.78, 5) is 25.0. The molecule has 1 aromatic rings. The van der Waals surface area contributed by atoms with Crippen LogP contribution in [0.25, 0.3) is 0 Å². The molecule has 0 aliphatic carbocycles. The number of hydrogen-bond acceptors (Lipinski definition) is 4. The van der Waals surface area contributed by atoms with Crippen molar-refractivity contribution in [2.75, 3.05) is 19.6 Å². The highest BCUT2D eigenvalue weighted by molar-refractivity contribution is 5.99. The lowest BCUT2D eigenvalue weighted by Gasteiger charge is -2.32. The Balaban J connectivity index is 2.16. The molecule has 0 saturated carbocycles. The van der Waals surface area contributed by atoms with Gasteiger partial charge in [0.25, 0.3) is 11.6 Å². The number of nitrogens with two attached hydrogens (primary N) is 1. The highest BCUT2D eigenvalue weighted by Crippen LogP contribution is 2.26. The van der Waals surface area contributed by atoms with Crippen LogP contribution in [0.4, 0.5) is 5.69 Å². The molecule has 21 heavy (non-hydrogen) atoms. The van der Waals surface area contributed by atoms with Gasteiger partial charge in [0.05, 0.1) is 4.92 Å². The number of benzene rings is 1. The SMILES string of the molecule is Cc1cccc([N+](=O)[O-])c1C(=O)N1CCC(CCN)CC1. The normalized spacial score (nSPS) is 16.0. The average molecular weight is 291 g/mol. The summed E-state index contributed by atoms with van der Waals surface area (Å²) in [5.41, 5.74) is 6.33. The first kappa shape index (κ1) is 15.4. The Morgan fingerprint density at radius 1 is 1.43 bits per heavy atom. The van der Waals surface area contributed by atoms with Crippen molar-refractivity contribution in [3.8, 4) is 0 Å². The fraction of sp³-hybridized carbons (Fsp3) is 0.533. The third-order valence-electron chi connectivity index (χ3n) is 4.14. The number of nitro benzene ring substituents is 1. The van der Waals surface area contributed by atoms with Crippen LogP contribution in [0.5, 0.6) is 0 Å². The lowest BCUT2D eigenvalue weighted by atomic mass is 9.93. The number of nitro groups is 1. The van der Waals surface area contributed by atoms with E-state index in [0.29, 0.717) is 31.1 Å². The van der Waals surface area contributed by atoms with Crippen LogP contribution in [0.3, 0.4) is 0 Å². The van der Waals surface area contributed by atoms with E-state index in [1.54, 1.807) is 24.0 Å². The number of hydrogen-bond donors (Lipinski definition) is 1. The largest absolute Gasteiger partial charge is 0.338 e. The van der Waals surface area contributed by atoms with Gasteiger partial charge >= 0.3 is 0 Å². The van der Waals surface area contributed by atoms with E-state index in [1.165, 1.54) is 6.07 Å². The van der Waals surface area contributed by atoms with E-state index in [1.807, 2.05) is 0 Å². The van der Waals surface area contributed by atoms with Crippen molar-refractivity contribution >= 4 is 11.6 Å². The zero-order valence-electron chi connectivity index (χ0n) is 12.2. The van der Waals surface area contributed by atoms with E-state index >= 15 is 0 Å². The second-order valence-electron chi connectivity index (χ2n) is 5.54. The van der Waals surface area contributed by atoms with Gasteiger partial charge in [-0.05, 0) is 44.2 Å². The Morgan fingerprint density at radius 2 is 2.10 bits per heavy atom. The zero-order valence-corrected chi connectivity index (χ0v) is 12.2. The molecule has 0 radical (unpaired) electrons. The van der Waals surface area contributed by atoms with Gasteiger partial charge in [-0.2, -0.15) is 0 Å². The maximum absolute atomic E-state index is 12.6. The summed E-state index contributed by atoms with van der Waals surface area (Å²) >= 11 is 0. The first-order chi connectivity index (χ1) is 10.0. The maximum atomic E-state index is 12.6. The van der Waals surface area contributed by atoms with Crippen molar-refractivity contribution in [3.05, 3.63) is 39.4 Å². The third-order valence-corrected chi connectivity index (χ3v) is 4.14. The Kier molecular flexibility index (Phi) is 4.90. The predicted molar refractivity (Wildman–Crippen MR) is 80.1 cm³/mol. The Hall–Kier alpha value is -1.95. The van der Waals surface area contributed by atoms with Gasteiger partial charge in [0.1, 0.15) is 5.56 Å². The third kappa shape index (κ3) is 3.39. The quantitative estimate of drug-likeness (QED) is 0.679. The van der Waals surface area contributed by atoms with Crippen molar-refractivity contribution in [2.45, 2.75) is 26.2 Å². The molecule has 6 nitrogen and oxygen atoms in total. The Bertz CT molecular complexity index is 537. The lowest BCUT2D eigenvalue weighted by molar-refractivity contribution is -0.385. The van der Waals surface area contributed by atoms with E-state index in [0.717, 1.165) is 19.3 Å². The van der Waals surface area contributed by atoms with Crippen molar-refractivity contribution in [2.24, 2.45) is 11.7 Å². The second kappa shape index (κ2) is 6.67. The molecule has 1 saturated heterocycles. The summed E-state index contributed by atoms with van der Waals surface area (Å²) in [5, 5.41) is 11.1. The van der Waals surface area contributed by atoms with Gasteiger partial charge in [-0.15, -0.1) is 0 Å². The summed E-state index contributed by atoms with van der Waals surface area (Å²) in [6.07, 6.45) is 2.82. The number of carbonyl (C=O) groups is 1. The number of amides is 1. The summed E-state index contributed by atoms with van der Waals surface area (Å²) in [7, 11) is 0. The molecule has 2 N–H and O–H groups in total. The highest BCUT2D eigenvalue weighted by Gasteiger charge is 2.29. The van der Waals surface area contributed by atoms with Crippen molar-refractivity contribution < 1.29 is 9.72 Å². The molecule has 1 fully saturated rings. The highest BCUT2D eigenvalue weighted by atomic mass is 16.6. The maximum Gasteiger partial charge on any atom is 0.282 e. The number of carbonyl (C=O) groups excluding carboxylic acids is 1. The van der Waals surface area contributed by atoms with Crippen molar-refractivity contribution in [1.29, 1.82) is 0 Å². The minimum atomic E-state index is -0.485. The molecule has 0 atom stereocenters. The molecule has 1 amide bonds.